The van der Waals surface area contributed by atoms with Gasteiger partial charge in [-0.25, -0.2) is 4.79 Å². The largest absolute Gasteiger partial charge is 0.462 e. The summed E-state index contributed by atoms with van der Waals surface area (Å²) in [7, 11) is 0. The van der Waals surface area contributed by atoms with E-state index in [9.17, 15) is 4.79 Å². The third kappa shape index (κ3) is 3.99. The van der Waals surface area contributed by atoms with Gasteiger partial charge in [-0.2, -0.15) is 0 Å². The van der Waals surface area contributed by atoms with Crippen LogP contribution in [-0.2, 0) is 16.0 Å². The van der Waals surface area contributed by atoms with Gasteiger partial charge in [0.2, 0.25) is 6.79 Å². The van der Waals surface area contributed by atoms with Crippen LogP contribution in [0.5, 0.6) is 11.5 Å². The molecule has 1 N–H and O–H groups in total. The standard InChI is InChI=1S/C21H24N2O5/c1-2-26-21(24)17-12-16(4-5-18(17)23-7-9-25-10-8-23)22-13-15-3-6-19-20(11-15)28-14-27-19/h3-6,11-12,22H,2,7-10,13-14H2,1H3. The molecule has 2 heterocycles. The molecule has 0 atom stereocenters. The van der Waals surface area contributed by atoms with Gasteiger partial charge in [-0.15, -0.1) is 0 Å². The molecular formula is C21H24N2O5. The summed E-state index contributed by atoms with van der Waals surface area (Å²) in [5.74, 6) is 1.22. The summed E-state index contributed by atoms with van der Waals surface area (Å²) in [5.41, 5.74) is 3.38. The number of nitrogens with zero attached hydrogens (tertiary/aromatic N) is 1. The summed E-state index contributed by atoms with van der Waals surface area (Å²) in [6, 6.07) is 11.7. The van der Waals surface area contributed by atoms with Crippen LogP contribution in [-0.4, -0.2) is 45.7 Å². The van der Waals surface area contributed by atoms with Crippen molar-refractivity contribution in [1.29, 1.82) is 0 Å². The van der Waals surface area contributed by atoms with Crippen LogP contribution in [0.15, 0.2) is 36.4 Å². The number of carbonyl (C=O) groups excluding carboxylic acids is 1. The van der Waals surface area contributed by atoms with Crippen molar-refractivity contribution in [2.24, 2.45) is 0 Å². The zero-order valence-electron chi connectivity index (χ0n) is 15.9. The quantitative estimate of drug-likeness (QED) is 0.768. The number of fused-ring (bicyclic) bond motifs is 1. The Labute approximate surface area is 164 Å². The lowest BCUT2D eigenvalue weighted by Crippen LogP contribution is -2.37. The Bertz CT molecular complexity index is 849. The van der Waals surface area contributed by atoms with E-state index in [0.717, 1.165) is 41.5 Å². The number of anilines is 2. The minimum atomic E-state index is -0.310. The molecule has 0 aromatic heterocycles. The molecule has 2 aromatic carbocycles. The molecule has 7 heteroatoms. The number of hydrogen-bond acceptors (Lipinski definition) is 7. The highest BCUT2D eigenvalue weighted by molar-refractivity contribution is 5.97. The smallest absolute Gasteiger partial charge is 0.340 e. The van der Waals surface area contributed by atoms with Crippen molar-refractivity contribution in [3.05, 3.63) is 47.5 Å². The maximum atomic E-state index is 12.5. The highest BCUT2D eigenvalue weighted by Crippen LogP contribution is 2.33. The highest BCUT2D eigenvalue weighted by atomic mass is 16.7. The van der Waals surface area contributed by atoms with E-state index < -0.39 is 0 Å². The van der Waals surface area contributed by atoms with E-state index in [4.69, 9.17) is 18.9 Å². The lowest BCUT2D eigenvalue weighted by Gasteiger charge is -2.30. The Kier molecular flexibility index (Phi) is 5.53. The molecule has 0 aliphatic carbocycles. The van der Waals surface area contributed by atoms with Gasteiger partial charge in [-0.3, -0.25) is 0 Å². The molecule has 2 aliphatic rings. The van der Waals surface area contributed by atoms with Gasteiger partial charge < -0.3 is 29.2 Å². The van der Waals surface area contributed by atoms with Crippen molar-refractivity contribution in [3.63, 3.8) is 0 Å². The van der Waals surface area contributed by atoms with Crippen molar-refractivity contribution in [1.82, 2.24) is 0 Å². The number of carbonyl (C=O) groups is 1. The van der Waals surface area contributed by atoms with E-state index in [2.05, 4.69) is 10.2 Å². The van der Waals surface area contributed by atoms with Crippen LogP contribution in [0.4, 0.5) is 11.4 Å². The second kappa shape index (κ2) is 8.39. The maximum Gasteiger partial charge on any atom is 0.340 e. The normalized spacial score (nSPS) is 15.4. The van der Waals surface area contributed by atoms with E-state index in [1.165, 1.54) is 0 Å². The van der Waals surface area contributed by atoms with Crippen LogP contribution in [0.25, 0.3) is 0 Å². The van der Waals surface area contributed by atoms with Crippen LogP contribution in [0, 0.1) is 0 Å². The Morgan fingerprint density at radius 3 is 2.75 bits per heavy atom. The topological polar surface area (TPSA) is 69.3 Å². The Morgan fingerprint density at radius 2 is 1.93 bits per heavy atom. The zero-order chi connectivity index (χ0) is 19.3. The fourth-order valence-corrected chi connectivity index (χ4v) is 3.35. The molecule has 2 aromatic rings. The molecule has 1 fully saturated rings. The molecule has 0 amide bonds. The maximum absolute atomic E-state index is 12.5. The van der Waals surface area contributed by atoms with Gasteiger partial charge in [0.25, 0.3) is 0 Å². The van der Waals surface area contributed by atoms with Crippen LogP contribution in [0.2, 0.25) is 0 Å². The molecule has 0 radical (unpaired) electrons. The molecule has 148 valence electrons. The number of ether oxygens (including phenoxy) is 4. The van der Waals surface area contributed by atoms with Crippen LogP contribution >= 0.6 is 0 Å². The molecule has 0 bridgehead atoms. The molecule has 28 heavy (non-hydrogen) atoms. The van der Waals surface area contributed by atoms with Gasteiger partial charge in [0.1, 0.15) is 0 Å². The summed E-state index contributed by atoms with van der Waals surface area (Å²) < 4.78 is 21.5. The number of esters is 1. The van der Waals surface area contributed by atoms with Gasteiger partial charge in [-0.1, -0.05) is 6.07 Å². The third-order valence-corrected chi connectivity index (χ3v) is 4.78. The Balaban J connectivity index is 1.52. The molecule has 4 rings (SSSR count). The predicted octanol–water partition coefficient (Wildman–Crippen LogP) is 3.04. The number of nitrogens with one attached hydrogen (secondary N) is 1. The molecule has 2 aliphatic heterocycles. The predicted molar refractivity (Wildman–Crippen MR) is 105 cm³/mol. The molecule has 0 saturated carbocycles. The van der Waals surface area contributed by atoms with E-state index >= 15 is 0 Å². The van der Waals surface area contributed by atoms with Gasteiger partial charge in [-0.05, 0) is 42.8 Å². The number of rotatable bonds is 6. The van der Waals surface area contributed by atoms with E-state index in [1.54, 1.807) is 0 Å². The summed E-state index contributed by atoms with van der Waals surface area (Å²) in [6.07, 6.45) is 0. The van der Waals surface area contributed by atoms with Crippen molar-refractivity contribution >= 4 is 17.3 Å². The second-order valence-electron chi connectivity index (χ2n) is 6.59. The summed E-state index contributed by atoms with van der Waals surface area (Å²) in [5, 5.41) is 3.37. The molecule has 7 nitrogen and oxygen atoms in total. The molecular weight excluding hydrogens is 360 g/mol. The second-order valence-corrected chi connectivity index (χ2v) is 6.59. The van der Waals surface area contributed by atoms with Crippen molar-refractivity contribution in [2.45, 2.75) is 13.5 Å². The van der Waals surface area contributed by atoms with E-state index in [0.29, 0.717) is 31.9 Å². The first-order valence-electron chi connectivity index (χ1n) is 9.51. The monoisotopic (exact) mass is 384 g/mol. The van der Waals surface area contributed by atoms with Gasteiger partial charge in [0.05, 0.1) is 31.1 Å². The first kappa shape index (κ1) is 18.4. The van der Waals surface area contributed by atoms with Crippen molar-refractivity contribution < 1.29 is 23.7 Å². The summed E-state index contributed by atoms with van der Waals surface area (Å²) in [6.45, 7) is 5.86. The Morgan fingerprint density at radius 1 is 1.11 bits per heavy atom. The van der Waals surface area contributed by atoms with E-state index in [-0.39, 0.29) is 12.8 Å². The highest BCUT2D eigenvalue weighted by Gasteiger charge is 2.20. The van der Waals surface area contributed by atoms with Crippen molar-refractivity contribution in [2.75, 3.05) is 49.9 Å². The molecule has 0 spiro atoms. The molecule has 1 saturated heterocycles. The first-order chi connectivity index (χ1) is 13.7. The first-order valence-corrected chi connectivity index (χ1v) is 9.51. The SMILES string of the molecule is CCOC(=O)c1cc(NCc2ccc3c(c2)OCO3)ccc1N1CCOCC1. The molecule has 0 unspecified atom stereocenters. The Hall–Kier alpha value is -2.93. The average molecular weight is 384 g/mol. The summed E-state index contributed by atoms with van der Waals surface area (Å²) in [4.78, 5) is 14.7. The van der Waals surface area contributed by atoms with Gasteiger partial charge >= 0.3 is 5.97 Å². The van der Waals surface area contributed by atoms with Gasteiger partial charge in [0, 0.05) is 25.3 Å². The fourth-order valence-electron chi connectivity index (χ4n) is 3.35. The minimum absolute atomic E-state index is 0.262. The average Bonchev–Trinajstić information content (AvgIpc) is 3.21. The lowest BCUT2D eigenvalue weighted by molar-refractivity contribution is 0.0526. The fraction of sp³-hybridized carbons (Fsp3) is 0.381. The minimum Gasteiger partial charge on any atom is -0.462 e. The van der Waals surface area contributed by atoms with Crippen LogP contribution in [0.1, 0.15) is 22.8 Å². The zero-order valence-corrected chi connectivity index (χ0v) is 15.9. The third-order valence-electron chi connectivity index (χ3n) is 4.78. The number of morpholine rings is 1. The number of benzene rings is 2. The van der Waals surface area contributed by atoms with E-state index in [1.807, 2.05) is 43.3 Å². The lowest BCUT2D eigenvalue weighted by atomic mass is 10.1. The van der Waals surface area contributed by atoms with Crippen LogP contribution < -0.4 is 19.7 Å². The van der Waals surface area contributed by atoms with Gasteiger partial charge in [0.15, 0.2) is 11.5 Å². The van der Waals surface area contributed by atoms with Crippen LogP contribution in [0.3, 0.4) is 0 Å². The number of hydrogen-bond donors (Lipinski definition) is 1. The summed E-state index contributed by atoms with van der Waals surface area (Å²) >= 11 is 0. The van der Waals surface area contributed by atoms with Crippen molar-refractivity contribution in [3.8, 4) is 11.5 Å².